The first kappa shape index (κ1) is 28.5. The van der Waals surface area contributed by atoms with Crippen LogP contribution in [0.5, 0.6) is 11.6 Å². The first-order chi connectivity index (χ1) is 20.9. The largest absolute Gasteiger partial charge is 0.433 e. The summed E-state index contributed by atoms with van der Waals surface area (Å²) >= 11 is 0. The molecule has 13 heteroatoms. The first-order valence-electron chi connectivity index (χ1n) is 13.7. The molecule has 0 spiro atoms. The van der Waals surface area contributed by atoms with E-state index < -0.39 is 35.2 Å². The molecule has 0 aliphatic carbocycles. The molecule has 0 saturated carbocycles. The van der Waals surface area contributed by atoms with Crippen molar-refractivity contribution in [1.29, 1.82) is 0 Å². The summed E-state index contributed by atoms with van der Waals surface area (Å²) in [6.45, 7) is 7.21. The molecule has 4 N–H and O–H groups in total. The molecule has 224 valence electrons. The summed E-state index contributed by atoms with van der Waals surface area (Å²) in [5.74, 6) is -3.15. The molecular weight excluding hydrogens is 572 g/mol. The third-order valence-corrected chi connectivity index (χ3v) is 7.52. The topological polar surface area (TPSA) is 148 Å². The van der Waals surface area contributed by atoms with Gasteiger partial charge in [0.25, 0.3) is 5.91 Å². The maximum Gasteiger partial charge on any atom is 0.329 e. The van der Waals surface area contributed by atoms with Crippen LogP contribution in [0, 0.1) is 31.4 Å². The summed E-state index contributed by atoms with van der Waals surface area (Å²) in [4.78, 5) is 47.5. The van der Waals surface area contributed by atoms with Gasteiger partial charge in [0.15, 0.2) is 11.6 Å². The Labute approximate surface area is 249 Å². The van der Waals surface area contributed by atoms with Crippen molar-refractivity contribution in [2.45, 2.75) is 33.7 Å². The molecule has 5 aromatic rings. The second-order valence-corrected chi connectivity index (χ2v) is 10.9. The van der Waals surface area contributed by atoms with Gasteiger partial charge in [-0.15, -0.1) is 0 Å². The number of pyridine rings is 1. The van der Waals surface area contributed by atoms with E-state index in [9.17, 15) is 23.2 Å². The van der Waals surface area contributed by atoms with E-state index in [2.05, 4.69) is 20.4 Å². The quantitative estimate of drug-likeness (QED) is 0.169. The lowest BCUT2D eigenvalue weighted by molar-refractivity contribution is -0.119. The van der Waals surface area contributed by atoms with Gasteiger partial charge in [0.2, 0.25) is 17.4 Å². The van der Waals surface area contributed by atoms with E-state index in [1.807, 2.05) is 13.8 Å². The number of amides is 3. The number of carbonyl (C=O) groups excluding carboxylic acids is 3. The number of aryl methyl sites for hydroxylation is 2. The minimum absolute atomic E-state index is 0.0437. The Balaban J connectivity index is 1.28. The van der Waals surface area contributed by atoms with Gasteiger partial charge in [-0.05, 0) is 61.2 Å². The molecule has 1 unspecified atom stereocenters. The predicted octanol–water partition coefficient (Wildman–Crippen LogP) is 5.33. The highest BCUT2D eigenvalue weighted by atomic mass is 19.1. The molecule has 1 aliphatic heterocycles. The standard InChI is InChI=1S/C31H27F2N7O4/c1-14(2)26-30(42)39(31(43)38-26)23-11-21-17(8-15(23)3)10-22(37-21)27(41)18-12-36-40(29(18)34)24-13-35-25(9-16(24)4)44-28-19(32)6-5-7-20(28)33/h5-14,26,37H,34H2,1-4H3,(H,38,43). The third-order valence-electron chi connectivity index (χ3n) is 7.52. The number of benzene rings is 2. The van der Waals surface area contributed by atoms with Crippen LogP contribution < -0.4 is 20.7 Å². The van der Waals surface area contributed by atoms with Crippen LogP contribution in [0.4, 0.5) is 25.1 Å². The van der Waals surface area contributed by atoms with Crippen molar-refractivity contribution in [1.82, 2.24) is 25.1 Å². The highest BCUT2D eigenvalue weighted by Crippen LogP contribution is 2.32. The van der Waals surface area contributed by atoms with E-state index in [1.54, 1.807) is 32.0 Å². The molecule has 3 aromatic heterocycles. The minimum atomic E-state index is -0.869. The molecule has 1 fully saturated rings. The normalized spacial score (nSPS) is 15.0. The zero-order chi connectivity index (χ0) is 31.4. The summed E-state index contributed by atoms with van der Waals surface area (Å²) in [7, 11) is 0. The molecule has 1 aliphatic rings. The number of H-pyrrole nitrogens is 1. The third kappa shape index (κ3) is 4.71. The van der Waals surface area contributed by atoms with Gasteiger partial charge in [0.1, 0.15) is 11.9 Å². The molecule has 6 rings (SSSR count). The second kappa shape index (κ2) is 10.6. The summed E-state index contributed by atoms with van der Waals surface area (Å²) in [6.07, 6.45) is 2.70. The van der Waals surface area contributed by atoms with E-state index in [1.165, 1.54) is 29.2 Å². The molecule has 3 amide bonds. The molecule has 0 bridgehead atoms. The number of rotatable bonds is 7. The average molecular weight is 600 g/mol. The fourth-order valence-electron chi connectivity index (χ4n) is 5.18. The van der Waals surface area contributed by atoms with Crippen molar-refractivity contribution in [3.63, 3.8) is 0 Å². The monoisotopic (exact) mass is 599 g/mol. The van der Waals surface area contributed by atoms with Gasteiger partial charge in [0, 0.05) is 17.0 Å². The predicted molar refractivity (Wildman–Crippen MR) is 158 cm³/mol. The van der Waals surface area contributed by atoms with Crippen molar-refractivity contribution in [2.75, 3.05) is 10.6 Å². The number of carbonyl (C=O) groups is 3. The van der Waals surface area contributed by atoms with E-state index >= 15 is 0 Å². The molecule has 4 heterocycles. The minimum Gasteiger partial charge on any atom is -0.433 e. The lowest BCUT2D eigenvalue weighted by Gasteiger charge is -2.17. The van der Waals surface area contributed by atoms with Crippen LogP contribution >= 0.6 is 0 Å². The van der Waals surface area contributed by atoms with E-state index in [-0.39, 0.29) is 34.8 Å². The van der Waals surface area contributed by atoms with E-state index in [0.29, 0.717) is 33.4 Å². The van der Waals surface area contributed by atoms with Crippen LogP contribution in [0.25, 0.3) is 16.6 Å². The van der Waals surface area contributed by atoms with Gasteiger partial charge in [-0.3, -0.25) is 9.59 Å². The Hall–Kier alpha value is -5.59. The number of nitrogens with one attached hydrogen (secondary N) is 2. The summed E-state index contributed by atoms with van der Waals surface area (Å²) in [5, 5.41) is 7.70. The van der Waals surface area contributed by atoms with Crippen LogP contribution in [-0.2, 0) is 4.79 Å². The summed E-state index contributed by atoms with van der Waals surface area (Å²) in [5.41, 5.74) is 9.35. The van der Waals surface area contributed by atoms with Gasteiger partial charge in [-0.2, -0.15) is 5.10 Å². The smallest absolute Gasteiger partial charge is 0.329 e. The van der Waals surface area contributed by atoms with Crippen LogP contribution in [0.2, 0.25) is 0 Å². The summed E-state index contributed by atoms with van der Waals surface area (Å²) in [6, 6.07) is 8.85. The van der Waals surface area contributed by atoms with Crippen LogP contribution in [-0.4, -0.2) is 43.5 Å². The zero-order valence-electron chi connectivity index (χ0n) is 24.1. The Morgan fingerprint density at radius 1 is 1.02 bits per heavy atom. The highest BCUT2D eigenvalue weighted by molar-refractivity contribution is 6.22. The molecule has 0 radical (unpaired) electrons. The van der Waals surface area contributed by atoms with Crippen molar-refractivity contribution in [2.24, 2.45) is 5.92 Å². The van der Waals surface area contributed by atoms with Crippen molar-refractivity contribution in [3.8, 4) is 17.3 Å². The highest BCUT2D eigenvalue weighted by Gasteiger charge is 2.41. The van der Waals surface area contributed by atoms with E-state index in [0.717, 1.165) is 17.0 Å². The Morgan fingerprint density at radius 3 is 2.39 bits per heavy atom. The number of ether oxygens (including phenoxy) is 1. The zero-order valence-corrected chi connectivity index (χ0v) is 24.1. The number of para-hydroxylation sites is 1. The maximum atomic E-state index is 14.0. The molecule has 44 heavy (non-hydrogen) atoms. The molecule has 2 aromatic carbocycles. The van der Waals surface area contributed by atoms with Gasteiger partial charge in [-0.1, -0.05) is 19.9 Å². The number of fused-ring (bicyclic) bond motifs is 1. The van der Waals surface area contributed by atoms with Gasteiger partial charge in [0.05, 0.1) is 35.0 Å². The molecule has 1 saturated heterocycles. The fraction of sp³-hybridized carbons (Fsp3) is 0.194. The number of hydrogen-bond acceptors (Lipinski definition) is 7. The first-order valence-corrected chi connectivity index (χ1v) is 13.7. The maximum absolute atomic E-state index is 14.0. The number of aromatic amines is 1. The number of urea groups is 1. The number of imide groups is 1. The number of hydrogen-bond donors (Lipinski definition) is 3. The van der Waals surface area contributed by atoms with Crippen molar-refractivity contribution in [3.05, 3.63) is 88.9 Å². The van der Waals surface area contributed by atoms with Crippen LogP contribution in [0.1, 0.15) is 41.0 Å². The van der Waals surface area contributed by atoms with E-state index in [4.69, 9.17) is 10.5 Å². The number of nitrogens with zero attached hydrogens (tertiary/aromatic N) is 4. The number of halogens is 2. The van der Waals surface area contributed by atoms with Gasteiger partial charge >= 0.3 is 6.03 Å². The number of nitrogen functional groups attached to an aromatic ring is 1. The SMILES string of the molecule is Cc1cc2cc(C(=O)c3cnn(-c4cnc(Oc5c(F)cccc5F)cc4C)c3N)[nH]c2cc1N1C(=O)NC(C(C)C)C1=O. The fourth-order valence-corrected chi connectivity index (χ4v) is 5.18. The molecule has 1 atom stereocenters. The van der Waals surface area contributed by atoms with Crippen LogP contribution in [0.15, 0.2) is 54.9 Å². The molecule has 11 nitrogen and oxygen atoms in total. The van der Waals surface area contributed by atoms with Gasteiger partial charge in [-0.25, -0.2) is 28.1 Å². The number of anilines is 2. The lowest BCUT2D eigenvalue weighted by Crippen LogP contribution is -2.34. The lowest BCUT2D eigenvalue weighted by atomic mass is 10.0. The number of nitrogens with two attached hydrogens (primary N) is 1. The van der Waals surface area contributed by atoms with Gasteiger partial charge < -0.3 is 20.8 Å². The number of ketones is 1. The second-order valence-electron chi connectivity index (χ2n) is 10.9. The van der Waals surface area contributed by atoms with Crippen molar-refractivity contribution < 1.29 is 27.9 Å². The Kier molecular flexibility index (Phi) is 6.87. The van der Waals surface area contributed by atoms with Crippen LogP contribution in [0.3, 0.4) is 0 Å². The average Bonchev–Trinajstić information content (AvgIpc) is 3.64. The molecular formula is C31H27F2N7O4. The van der Waals surface area contributed by atoms with Crippen molar-refractivity contribution >= 4 is 40.1 Å². The Bertz CT molecular complexity index is 1980. The number of aromatic nitrogens is 4. The summed E-state index contributed by atoms with van der Waals surface area (Å²) < 4.78 is 34.7. The Morgan fingerprint density at radius 2 is 1.73 bits per heavy atom.